The average Bonchev–Trinajstić information content (AvgIpc) is 2.18. The van der Waals surface area contributed by atoms with Crippen LogP contribution >= 0.6 is 0 Å². The molecule has 5 heteroatoms. The van der Waals surface area contributed by atoms with Gasteiger partial charge in [0, 0.05) is 26.3 Å². The van der Waals surface area contributed by atoms with Crippen LogP contribution in [-0.4, -0.2) is 47.1 Å². The number of ether oxygens (including phenoxy) is 2. The van der Waals surface area contributed by atoms with E-state index in [-0.39, 0.29) is 12.0 Å². The Labute approximate surface area is 107 Å². The Morgan fingerprint density at radius 3 is 2.71 bits per heavy atom. The first-order chi connectivity index (χ1) is 7.88. The minimum atomic E-state index is -0.986. The van der Waals surface area contributed by atoms with Gasteiger partial charge in [-0.1, -0.05) is 25.7 Å². The van der Waals surface area contributed by atoms with E-state index in [1.54, 1.807) is 0 Å². The summed E-state index contributed by atoms with van der Waals surface area (Å²) in [6.07, 6.45) is 4.13. The number of hydrogen-bond acceptors (Lipinski definition) is 3. The zero-order valence-electron chi connectivity index (χ0n) is 11.7. The summed E-state index contributed by atoms with van der Waals surface area (Å²) in [7, 11) is 1.08. The first-order valence-corrected chi connectivity index (χ1v) is 10.0. The Hall–Kier alpha value is -0.388. The number of nitrogens with zero attached hydrogens (tertiary/aromatic N) is 1. The number of hydrogen-bond donors (Lipinski definition) is 0. The molecule has 0 aromatic rings. The highest BCUT2D eigenvalue weighted by atomic mass is 28.3. The number of allylic oxidation sites excluding steroid dienone is 1. The fourth-order valence-corrected chi connectivity index (χ4v) is 2.35. The summed E-state index contributed by atoms with van der Waals surface area (Å²) in [6.45, 7) is 10.2. The molecule has 0 aliphatic carbocycles. The first-order valence-electron chi connectivity index (χ1n) is 6.30. The monoisotopic (exact) mass is 253 g/mol. The molecule has 0 N–H and O–H groups in total. The molecule has 1 aliphatic rings. The Bertz CT molecular complexity index is 299. The van der Waals surface area contributed by atoms with Crippen LogP contribution in [0, 0.1) is 0 Å². The molecular formula is C12H24BNO2Si. The second-order valence-corrected chi connectivity index (χ2v) is 11.5. The van der Waals surface area contributed by atoms with E-state index in [1.165, 1.54) is 6.04 Å². The van der Waals surface area contributed by atoms with Crippen molar-refractivity contribution in [3.63, 3.8) is 0 Å². The summed E-state index contributed by atoms with van der Waals surface area (Å²) in [6, 6.07) is 1.18. The van der Waals surface area contributed by atoms with Crippen LogP contribution in [0.2, 0.25) is 25.7 Å². The van der Waals surface area contributed by atoms with Crippen LogP contribution < -0.4 is 0 Å². The predicted octanol–water partition coefficient (Wildman–Crippen LogP) is 1.67. The lowest BCUT2D eigenvalue weighted by atomic mass is 9.89. The molecular weight excluding hydrogens is 229 g/mol. The van der Waals surface area contributed by atoms with Crippen molar-refractivity contribution in [3.8, 4) is 0 Å². The van der Waals surface area contributed by atoms with E-state index < -0.39 is 8.07 Å². The fourth-order valence-electron chi connectivity index (χ4n) is 1.59. The van der Waals surface area contributed by atoms with Crippen LogP contribution in [0.4, 0.5) is 0 Å². The van der Waals surface area contributed by atoms with Crippen LogP contribution in [0.3, 0.4) is 0 Å². The van der Waals surface area contributed by atoms with Gasteiger partial charge in [-0.15, -0.1) is 0 Å². The van der Waals surface area contributed by atoms with Crippen molar-refractivity contribution >= 4 is 21.6 Å². The van der Waals surface area contributed by atoms with E-state index >= 15 is 0 Å². The standard InChI is InChI=1S/C12H24BNO2Si/c1-10-5-6-11(12(13)14-10)16-9-15-7-8-17(2,3)4/h5-6,11-12H,7-9,13H2,1-4H3. The van der Waals surface area contributed by atoms with E-state index in [4.69, 9.17) is 9.47 Å². The van der Waals surface area contributed by atoms with Gasteiger partial charge in [-0.05, 0) is 19.0 Å². The molecule has 0 amide bonds. The fraction of sp³-hybridized carbons (Fsp3) is 0.750. The van der Waals surface area contributed by atoms with Crippen LogP contribution in [0.15, 0.2) is 17.1 Å². The lowest BCUT2D eigenvalue weighted by Crippen LogP contribution is -2.30. The van der Waals surface area contributed by atoms with Crippen molar-refractivity contribution in [2.45, 2.75) is 44.7 Å². The molecule has 3 nitrogen and oxygen atoms in total. The molecule has 0 fully saturated rings. The van der Waals surface area contributed by atoms with Crippen LogP contribution in [0.1, 0.15) is 6.92 Å². The van der Waals surface area contributed by atoms with E-state index in [1.807, 2.05) is 13.0 Å². The van der Waals surface area contributed by atoms with Crippen molar-refractivity contribution < 1.29 is 9.47 Å². The third-order valence-corrected chi connectivity index (χ3v) is 4.45. The minimum absolute atomic E-state index is 0.0607. The van der Waals surface area contributed by atoms with Gasteiger partial charge in [-0.25, -0.2) is 0 Å². The number of aliphatic imine (C=N–C) groups is 1. The van der Waals surface area contributed by atoms with Gasteiger partial charge in [0.1, 0.15) is 14.6 Å². The molecule has 96 valence electrons. The first kappa shape index (κ1) is 14.7. The molecule has 1 heterocycles. The minimum Gasteiger partial charge on any atom is -0.356 e. The maximum atomic E-state index is 5.66. The number of dihydropyridines is 1. The van der Waals surface area contributed by atoms with E-state index in [2.05, 4.69) is 38.6 Å². The molecule has 0 saturated carbocycles. The quantitative estimate of drug-likeness (QED) is 0.409. The largest absolute Gasteiger partial charge is 0.356 e. The summed E-state index contributed by atoms with van der Waals surface area (Å²) in [5.74, 6) is 0.195. The third-order valence-electron chi connectivity index (χ3n) is 2.75. The highest BCUT2D eigenvalue weighted by Gasteiger charge is 2.17. The van der Waals surface area contributed by atoms with Gasteiger partial charge >= 0.3 is 0 Å². The van der Waals surface area contributed by atoms with Gasteiger partial charge in [0.25, 0.3) is 0 Å². The Morgan fingerprint density at radius 1 is 1.41 bits per heavy atom. The van der Waals surface area contributed by atoms with Crippen LogP contribution in [0.5, 0.6) is 0 Å². The molecule has 0 aromatic heterocycles. The number of rotatable bonds is 6. The van der Waals surface area contributed by atoms with Gasteiger partial charge in [0.15, 0.2) is 0 Å². The zero-order chi connectivity index (χ0) is 12.9. The van der Waals surface area contributed by atoms with Gasteiger partial charge in [0.2, 0.25) is 0 Å². The molecule has 2 unspecified atom stereocenters. The van der Waals surface area contributed by atoms with Gasteiger partial charge in [-0.2, -0.15) is 0 Å². The van der Waals surface area contributed by atoms with Crippen molar-refractivity contribution in [3.05, 3.63) is 12.2 Å². The molecule has 1 aliphatic heterocycles. The molecule has 0 radical (unpaired) electrons. The third kappa shape index (κ3) is 6.19. The van der Waals surface area contributed by atoms with E-state index in [0.717, 1.165) is 12.3 Å². The Morgan fingerprint density at radius 2 is 2.12 bits per heavy atom. The highest BCUT2D eigenvalue weighted by Crippen LogP contribution is 2.10. The second kappa shape index (κ2) is 6.52. The Kier molecular flexibility index (Phi) is 5.63. The SMILES string of the molecule is BC1N=C(C)C=CC1OCOCC[Si](C)(C)C. The summed E-state index contributed by atoms with van der Waals surface area (Å²) in [5, 5.41) is 0. The van der Waals surface area contributed by atoms with E-state index in [9.17, 15) is 0 Å². The normalized spacial score (nSPS) is 24.8. The molecule has 17 heavy (non-hydrogen) atoms. The molecule has 0 aromatic carbocycles. The lowest BCUT2D eigenvalue weighted by Gasteiger charge is -2.22. The molecule has 1 rings (SSSR count). The van der Waals surface area contributed by atoms with Crippen LogP contribution in [0.25, 0.3) is 0 Å². The summed E-state index contributed by atoms with van der Waals surface area (Å²) in [5.41, 5.74) is 1.07. The second-order valence-electron chi connectivity index (χ2n) is 5.84. The maximum Gasteiger partial charge on any atom is 0.147 e. The molecule has 0 saturated heterocycles. The van der Waals surface area contributed by atoms with Gasteiger partial charge in [-0.3, -0.25) is 4.99 Å². The topological polar surface area (TPSA) is 30.8 Å². The predicted molar refractivity (Wildman–Crippen MR) is 78.4 cm³/mol. The highest BCUT2D eigenvalue weighted by molar-refractivity contribution is 6.76. The average molecular weight is 253 g/mol. The Balaban J connectivity index is 2.14. The van der Waals surface area contributed by atoms with Crippen molar-refractivity contribution in [2.24, 2.45) is 4.99 Å². The summed E-state index contributed by atoms with van der Waals surface area (Å²) in [4.78, 5) is 4.46. The summed E-state index contributed by atoms with van der Waals surface area (Å²) < 4.78 is 11.2. The maximum absolute atomic E-state index is 5.66. The van der Waals surface area contributed by atoms with Crippen molar-refractivity contribution in [2.75, 3.05) is 13.4 Å². The molecule has 2 atom stereocenters. The van der Waals surface area contributed by atoms with E-state index in [0.29, 0.717) is 6.79 Å². The van der Waals surface area contributed by atoms with Gasteiger partial charge < -0.3 is 9.47 Å². The van der Waals surface area contributed by atoms with Crippen molar-refractivity contribution in [1.82, 2.24) is 0 Å². The van der Waals surface area contributed by atoms with Gasteiger partial charge in [0.05, 0.1) is 6.10 Å². The lowest BCUT2D eigenvalue weighted by molar-refractivity contribution is -0.0721. The molecule has 0 bridgehead atoms. The van der Waals surface area contributed by atoms with Crippen molar-refractivity contribution in [1.29, 1.82) is 0 Å². The summed E-state index contributed by atoms with van der Waals surface area (Å²) >= 11 is 0. The smallest absolute Gasteiger partial charge is 0.147 e. The zero-order valence-corrected chi connectivity index (χ0v) is 12.7. The van der Waals surface area contributed by atoms with Crippen LogP contribution in [-0.2, 0) is 9.47 Å². The molecule has 0 spiro atoms.